The zero-order valence-corrected chi connectivity index (χ0v) is 14.7. The van der Waals surface area contributed by atoms with E-state index in [0.717, 1.165) is 16.5 Å². The topological polar surface area (TPSA) is 81.5 Å². The number of nitro benzene ring substituents is 1. The number of anilines is 1. The van der Waals surface area contributed by atoms with Crippen LogP contribution in [0, 0.1) is 10.1 Å². The Morgan fingerprint density at radius 1 is 1.25 bits per heavy atom. The molecule has 126 valence electrons. The maximum absolute atomic E-state index is 12.1. The van der Waals surface area contributed by atoms with Gasteiger partial charge in [-0.1, -0.05) is 35.0 Å². The molecule has 1 N–H and O–H groups in total. The van der Waals surface area contributed by atoms with E-state index in [1.807, 2.05) is 31.2 Å². The predicted molar refractivity (Wildman–Crippen MR) is 95.4 cm³/mol. The van der Waals surface area contributed by atoms with E-state index in [1.165, 1.54) is 12.1 Å². The molecule has 2 rings (SSSR count). The number of halogens is 1. The van der Waals surface area contributed by atoms with Gasteiger partial charge in [-0.25, -0.2) is 0 Å². The standard InChI is InChI=1S/C17H17BrN2O4/c1-2-9-24-14-7-8-15(16(11-14)20(22)23)19-17(21)10-12-3-5-13(18)6-4-12/h3-8,11H,2,9-10H2,1H3,(H,19,21). The van der Waals surface area contributed by atoms with Gasteiger partial charge >= 0.3 is 0 Å². The molecule has 7 heteroatoms. The number of hydrogen-bond acceptors (Lipinski definition) is 4. The smallest absolute Gasteiger partial charge is 0.296 e. The predicted octanol–water partition coefficient (Wildman–Crippen LogP) is 4.33. The lowest BCUT2D eigenvalue weighted by molar-refractivity contribution is -0.384. The lowest BCUT2D eigenvalue weighted by Crippen LogP contribution is -2.15. The molecule has 0 aliphatic heterocycles. The molecule has 1 amide bonds. The van der Waals surface area contributed by atoms with Crippen LogP contribution in [-0.4, -0.2) is 17.4 Å². The van der Waals surface area contributed by atoms with Gasteiger partial charge < -0.3 is 10.1 Å². The molecule has 0 aliphatic carbocycles. The average Bonchev–Trinajstić information content (AvgIpc) is 2.55. The molecule has 6 nitrogen and oxygen atoms in total. The van der Waals surface area contributed by atoms with Crippen molar-refractivity contribution in [2.75, 3.05) is 11.9 Å². The number of nitrogens with zero attached hydrogens (tertiary/aromatic N) is 1. The van der Waals surface area contributed by atoms with Crippen LogP contribution < -0.4 is 10.1 Å². The first kappa shape index (κ1) is 17.9. The lowest BCUT2D eigenvalue weighted by Gasteiger charge is -2.09. The molecule has 2 aromatic rings. The highest BCUT2D eigenvalue weighted by molar-refractivity contribution is 9.10. The third-order valence-electron chi connectivity index (χ3n) is 3.19. The Kier molecular flexibility index (Phi) is 6.31. The zero-order chi connectivity index (χ0) is 17.5. The number of nitro groups is 1. The van der Waals surface area contributed by atoms with Crippen LogP contribution in [0.2, 0.25) is 0 Å². The summed E-state index contributed by atoms with van der Waals surface area (Å²) in [5.74, 6) is 0.0945. The summed E-state index contributed by atoms with van der Waals surface area (Å²) < 4.78 is 6.31. The minimum atomic E-state index is -0.534. The summed E-state index contributed by atoms with van der Waals surface area (Å²) in [7, 11) is 0. The maximum Gasteiger partial charge on any atom is 0.296 e. The van der Waals surface area contributed by atoms with Crippen LogP contribution in [0.5, 0.6) is 5.75 Å². The van der Waals surface area contributed by atoms with Crippen LogP contribution >= 0.6 is 15.9 Å². The SMILES string of the molecule is CCCOc1ccc(NC(=O)Cc2ccc(Br)cc2)c([N+](=O)[O-])c1. The second kappa shape index (κ2) is 8.44. The molecule has 0 aliphatic rings. The van der Waals surface area contributed by atoms with Crippen LogP contribution in [0.1, 0.15) is 18.9 Å². The van der Waals surface area contributed by atoms with Crippen LogP contribution in [0.25, 0.3) is 0 Å². The molecule has 0 aromatic heterocycles. The lowest BCUT2D eigenvalue weighted by atomic mass is 10.1. The summed E-state index contributed by atoms with van der Waals surface area (Å²) in [5.41, 5.74) is 0.792. The molecule has 0 saturated carbocycles. The Morgan fingerprint density at radius 2 is 1.96 bits per heavy atom. The molecule has 24 heavy (non-hydrogen) atoms. The molecule has 0 atom stereocenters. The second-order valence-corrected chi connectivity index (χ2v) is 6.05. The Morgan fingerprint density at radius 3 is 2.58 bits per heavy atom. The Hall–Kier alpha value is -2.41. The molecular formula is C17H17BrN2O4. The molecule has 0 heterocycles. The van der Waals surface area contributed by atoms with Crippen molar-refractivity contribution in [1.82, 2.24) is 0 Å². The highest BCUT2D eigenvalue weighted by Gasteiger charge is 2.17. The van der Waals surface area contributed by atoms with Gasteiger partial charge in [0.15, 0.2) is 0 Å². The van der Waals surface area contributed by atoms with Gasteiger partial charge in [0.1, 0.15) is 11.4 Å². The van der Waals surface area contributed by atoms with E-state index in [-0.39, 0.29) is 23.7 Å². The minimum absolute atomic E-state index is 0.137. The number of amides is 1. The van der Waals surface area contributed by atoms with Crippen LogP contribution in [0.4, 0.5) is 11.4 Å². The molecule has 0 spiro atoms. The fourth-order valence-electron chi connectivity index (χ4n) is 2.06. The van der Waals surface area contributed by atoms with Gasteiger partial charge in [0.05, 0.1) is 24.0 Å². The number of hydrogen-bond donors (Lipinski definition) is 1. The van der Waals surface area contributed by atoms with E-state index in [2.05, 4.69) is 21.2 Å². The Balaban J connectivity index is 2.11. The number of carbonyl (C=O) groups excluding carboxylic acids is 1. The molecule has 0 bridgehead atoms. The zero-order valence-electron chi connectivity index (χ0n) is 13.1. The summed E-state index contributed by atoms with van der Waals surface area (Å²) in [6.45, 7) is 2.43. The second-order valence-electron chi connectivity index (χ2n) is 5.14. The van der Waals surface area contributed by atoms with Gasteiger partial charge in [0.2, 0.25) is 5.91 Å². The van der Waals surface area contributed by atoms with Gasteiger partial charge in [0, 0.05) is 4.47 Å². The number of benzene rings is 2. The molecular weight excluding hydrogens is 376 g/mol. The van der Waals surface area contributed by atoms with Crippen molar-refractivity contribution in [3.63, 3.8) is 0 Å². The number of rotatable bonds is 7. The monoisotopic (exact) mass is 392 g/mol. The quantitative estimate of drug-likeness (QED) is 0.561. The Bertz CT molecular complexity index is 732. The third-order valence-corrected chi connectivity index (χ3v) is 3.72. The number of carbonyl (C=O) groups is 1. The van der Waals surface area contributed by atoms with Gasteiger partial charge in [-0.3, -0.25) is 14.9 Å². The normalized spacial score (nSPS) is 10.2. The highest BCUT2D eigenvalue weighted by Crippen LogP contribution is 2.29. The van der Waals surface area contributed by atoms with E-state index >= 15 is 0 Å². The van der Waals surface area contributed by atoms with Crippen molar-refractivity contribution in [3.8, 4) is 5.75 Å². The summed E-state index contributed by atoms with van der Waals surface area (Å²) in [4.78, 5) is 22.8. The summed E-state index contributed by atoms with van der Waals surface area (Å²) in [6, 6.07) is 11.7. The van der Waals surface area contributed by atoms with E-state index in [0.29, 0.717) is 12.4 Å². The summed E-state index contributed by atoms with van der Waals surface area (Å²) >= 11 is 3.33. The van der Waals surface area contributed by atoms with Crippen molar-refractivity contribution >= 4 is 33.2 Å². The molecule has 0 radical (unpaired) electrons. The maximum atomic E-state index is 12.1. The summed E-state index contributed by atoms with van der Waals surface area (Å²) in [6.07, 6.45) is 0.942. The van der Waals surface area contributed by atoms with Crippen LogP contribution in [-0.2, 0) is 11.2 Å². The van der Waals surface area contributed by atoms with Gasteiger partial charge in [0.25, 0.3) is 5.69 Å². The highest BCUT2D eigenvalue weighted by atomic mass is 79.9. The summed E-state index contributed by atoms with van der Waals surface area (Å²) in [5, 5.41) is 13.8. The number of ether oxygens (including phenoxy) is 1. The molecule has 0 saturated heterocycles. The van der Waals surface area contributed by atoms with Crippen LogP contribution in [0.15, 0.2) is 46.9 Å². The van der Waals surface area contributed by atoms with Gasteiger partial charge in [-0.15, -0.1) is 0 Å². The van der Waals surface area contributed by atoms with E-state index in [9.17, 15) is 14.9 Å². The van der Waals surface area contributed by atoms with Crippen molar-refractivity contribution in [3.05, 3.63) is 62.6 Å². The van der Waals surface area contributed by atoms with Crippen molar-refractivity contribution < 1.29 is 14.5 Å². The molecule has 2 aromatic carbocycles. The first-order valence-electron chi connectivity index (χ1n) is 7.45. The fraction of sp³-hybridized carbons (Fsp3) is 0.235. The molecule has 0 unspecified atom stereocenters. The first-order valence-corrected chi connectivity index (χ1v) is 8.24. The van der Waals surface area contributed by atoms with E-state index in [1.54, 1.807) is 6.07 Å². The number of nitrogens with one attached hydrogen (secondary N) is 1. The van der Waals surface area contributed by atoms with Gasteiger partial charge in [-0.05, 0) is 36.2 Å². The minimum Gasteiger partial charge on any atom is -0.493 e. The Labute approximate surface area is 148 Å². The van der Waals surface area contributed by atoms with Crippen molar-refractivity contribution in [2.24, 2.45) is 0 Å². The fourth-order valence-corrected chi connectivity index (χ4v) is 2.32. The third kappa shape index (κ3) is 5.06. The van der Waals surface area contributed by atoms with Crippen molar-refractivity contribution in [2.45, 2.75) is 19.8 Å². The average molecular weight is 393 g/mol. The van der Waals surface area contributed by atoms with Gasteiger partial charge in [-0.2, -0.15) is 0 Å². The largest absolute Gasteiger partial charge is 0.493 e. The van der Waals surface area contributed by atoms with Crippen LogP contribution in [0.3, 0.4) is 0 Å². The molecule has 0 fully saturated rings. The van der Waals surface area contributed by atoms with Crippen molar-refractivity contribution in [1.29, 1.82) is 0 Å². The van der Waals surface area contributed by atoms with E-state index in [4.69, 9.17) is 4.74 Å². The first-order chi connectivity index (χ1) is 11.5. The van der Waals surface area contributed by atoms with E-state index < -0.39 is 4.92 Å².